The molecule has 0 unspecified atom stereocenters. The summed E-state index contributed by atoms with van der Waals surface area (Å²) >= 11 is 0. The second kappa shape index (κ2) is 34.8. The molecular formula is C59H58FN29O7. The minimum atomic E-state index is -0.636. The van der Waals surface area contributed by atoms with Gasteiger partial charge in [-0.1, -0.05) is 64.9 Å². The van der Waals surface area contributed by atoms with E-state index in [9.17, 15) is 39.5 Å². The third kappa shape index (κ3) is 21.1. The van der Waals surface area contributed by atoms with Crippen molar-refractivity contribution in [1.82, 2.24) is 100 Å². The highest BCUT2D eigenvalue weighted by Crippen LogP contribution is 2.25. The summed E-state index contributed by atoms with van der Waals surface area (Å²) in [6.07, 6.45) is 24.9. The van der Waals surface area contributed by atoms with Gasteiger partial charge in [0, 0.05) is 65.7 Å². The second-order valence-corrected chi connectivity index (χ2v) is 19.5. The average molecular weight is 1300 g/mol. The maximum absolute atomic E-state index is 12.2. The number of nitrogens with one attached hydrogen (secondary N) is 3. The number of amides is 1. The van der Waals surface area contributed by atoms with Crippen LogP contribution in [0.25, 0.3) is 28.4 Å². The lowest BCUT2D eigenvalue weighted by molar-refractivity contribution is -0.385. The molecule has 14 rings (SSSR count). The van der Waals surface area contributed by atoms with Crippen LogP contribution in [0.1, 0.15) is 36.0 Å². The van der Waals surface area contributed by atoms with E-state index in [4.69, 9.17) is 22.9 Å². The van der Waals surface area contributed by atoms with Gasteiger partial charge in [0.1, 0.15) is 17.2 Å². The zero-order valence-electron chi connectivity index (χ0n) is 50.2. The van der Waals surface area contributed by atoms with E-state index in [2.05, 4.69) is 87.3 Å². The highest BCUT2D eigenvalue weighted by Gasteiger charge is 2.23. The molecule has 0 aliphatic heterocycles. The highest BCUT2D eigenvalue weighted by atomic mass is 19.1. The van der Waals surface area contributed by atoms with Crippen molar-refractivity contribution in [2.24, 2.45) is 11.5 Å². The van der Waals surface area contributed by atoms with Crippen LogP contribution in [0.3, 0.4) is 0 Å². The van der Waals surface area contributed by atoms with E-state index in [0.717, 1.165) is 66.3 Å². The number of nitrogen functional groups attached to an aromatic ring is 2. The van der Waals surface area contributed by atoms with Gasteiger partial charge in [0.05, 0.1) is 124 Å². The van der Waals surface area contributed by atoms with E-state index >= 15 is 0 Å². The molecule has 1 saturated carbocycles. The summed E-state index contributed by atoms with van der Waals surface area (Å²) in [5, 5.41) is 85.1. The molecule has 1 amide bonds. The van der Waals surface area contributed by atoms with Crippen molar-refractivity contribution < 1.29 is 24.0 Å². The van der Waals surface area contributed by atoms with Gasteiger partial charge >= 0.3 is 0 Å². The van der Waals surface area contributed by atoms with Crippen LogP contribution < -0.4 is 33.6 Å². The zero-order chi connectivity index (χ0) is 68.0. The SMILES string of the molecule is NC(=O)c1cnc(N[C@@H]2CCCC[C@@H]2N)nc1Nc1cccc(-n2ccnn2)c1.Nc1cccc(-n2ccnn2)c1.Nc1cccc(-n2nccn2)c1.O=[N+]([O-])c1cccc(-n2ccnn2)c1.O=[N+]([O-])c1cccc(-n2nccn2)c1.O=[N+]([O-])c1cccc(F)c1.c1cn[nH]n1. The Morgan fingerprint density at radius 2 is 0.979 bits per heavy atom. The number of nitro groups is 3. The first-order chi connectivity index (χ1) is 46.6. The number of hydrogen-bond donors (Lipinski definition) is 7. The summed E-state index contributed by atoms with van der Waals surface area (Å²) in [6, 6.07) is 39.4. The number of benzene rings is 6. The number of hydrogen-bond acceptors (Lipinski definition) is 26. The number of halogens is 1. The molecule has 96 heavy (non-hydrogen) atoms. The van der Waals surface area contributed by atoms with Crippen molar-refractivity contribution in [1.29, 1.82) is 0 Å². The van der Waals surface area contributed by atoms with E-state index in [1.165, 1.54) is 75.5 Å². The van der Waals surface area contributed by atoms with Gasteiger partial charge in [-0.2, -0.15) is 50.4 Å². The minimum absolute atomic E-state index is 0.0276. The Balaban J connectivity index is 0.000000152. The van der Waals surface area contributed by atoms with Crippen molar-refractivity contribution in [3.8, 4) is 28.4 Å². The number of aromatic nitrogens is 20. The van der Waals surface area contributed by atoms with Crippen molar-refractivity contribution in [3.63, 3.8) is 0 Å². The lowest BCUT2D eigenvalue weighted by atomic mass is 9.91. The van der Waals surface area contributed by atoms with E-state index in [0.29, 0.717) is 28.8 Å². The highest BCUT2D eigenvalue weighted by molar-refractivity contribution is 5.98. The number of carbonyl (C=O) groups is 1. The van der Waals surface area contributed by atoms with Crippen molar-refractivity contribution in [3.05, 3.63) is 268 Å². The van der Waals surface area contributed by atoms with Crippen LogP contribution in [0, 0.1) is 36.2 Å². The van der Waals surface area contributed by atoms with Crippen LogP contribution in [-0.2, 0) is 0 Å². The van der Waals surface area contributed by atoms with Crippen molar-refractivity contribution in [2.75, 3.05) is 22.1 Å². The molecule has 2 atom stereocenters. The number of nitrogens with zero attached hydrogens (tertiary/aromatic N) is 22. The summed E-state index contributed by atoms with van der Waals surface area (Å²) in [4.78, 5) is 52.9. The van der Waals surface area contributed by atoms with Gasteiger partial charge in [0.15, 0.2) is 0 Å². The topological polar surface area (TPSA) is 496 Å². The predicted molar refractivity (Wildman–Crippen MR) is 346 cm³/mol. The summed E-state index contributed by atoms with van der Waals surface area (Å²) in [7, 11) is 0. The van der Waals surface area contributed by atoms with Gasteiger partial charge in [-0.25, -0.2) is 23.4 Å². The first-order valence-electron chi connectivity index (χ1n) is 28.4. The smallest absolute Gasteiger partial charge is 0.272 e. The number of nitro benzene ring substituents is 3. The maximum Gasteiger partial charge on any atom is 0.272 e. The molecule has 37 heteroatoms. The Labute approximate surface area is 541 Å². The molecule has 36 nitrogen and oxygen atoms in total. The molecule has 1 aliphatic rings. The zero-order valence-corrected chi connectivity index (χ0v) is 50.2. The Bertz CT molecular complexity index is 4310. The van der Waals surface area contributed by atoms with Gasteiger partial charge in [0.2, 0.25) is 5.95 Å². The van der Waals surface area contributed by atoms with Gasteiger partial charge in [-0.05, 0) is 85.6 Å². The largest absolute Gasteiger partial charge is 0.399 e. The molecule has 7 aromatic heterocycles. The van der Waals surface area contributed by atoms with Gasteiger partial charge in [-0.15, -0.1) is 15.3 Å². The van der Waals surface area contributed by atoms with Crippen LogP contribution in [0.4, 0.5) is 50.3 Å². The first kappa shape index (κ1) is 67.9. The summed E-state index contributed by atoms with van der Waals surface area (Å²) in [6.45, 7) is 0. The third-order valence-electron chi connectivity index (χ3n) is 12.8. The summed E-state index contributed by atoms with van der Waals surface area (Å²) < 4.78 is 17.0. The van der Waals surface area contributed by atoms with Crippen LogP contribution in [0.5, 0.6) is 0 Å². The number of anilines is 5. The van der Waals surface area contributed by atoms with Crippen LogP contribution >= 0.6 is 0 Å². The summed E-state index contributed by atoms with van der Waals surface area (Å²) in [5.41, 5.74) is 28.9. The van der Waals surface area contributed by atoms with E-state index in [1.54, 1.807) is 89.4 Å². The number of carbonyl (C=O) groups excluding carboxylic acids is 1. The van der Waals surface area contributed by atoms with E-state index in [1.807, 2.05) is 72.8 Å². The maximum atomic E-state index is 12.2. The third-order valence-corrected chi connectivity index (χ3v) is 12.8. The number of nitrogens with two attached hydrogens (primary N) is 4. The van der Waals surface area contributed by atoms with Gasteiger partial charge in [-0.3, -0.25) is 35.1 Å². The van der Waals surface area contributed by atoms with E-state index < -0.39 is 26.5 Å². The number of non-ortho nitro benzene ring substituents is 3. The molecule has 0 radical (unpaired) electrons. The van der Waals surface area contributed by atoms with Crippen LogP contribution in [0.15, 0.2) is 226 Å². The van der Waals surface area contributed by atoms with Gasteiger partial charge < -0.3 is 33.6 Å². The number of H-pyrrole nitrogens is 1. The molecule has 6 aromatic carbocycles. The summed E-state index contributed by atoms with van der Waals surface area (Å²) in [5.74, 6) is -0.461. The molecule has 13 aromatic rings. The Kier molecular flexibility index (Phi) is 24.6. The molecular weight excluding hydrogens is 1250 g/mol. The van der Waals surface area contributed by atoms with Crippen LogP contribution in [-0.4, -0.2) is 133 Å². The van der Waals surface area contributed by atoms with Crippen LogP contribution in [0.2, 0.25) is 0 Å². The quantitative estimate of drug-likeness (QED) is 0.0341. The molecule has 7 heterocycles. The normalized spacial score (nSPS) is 12.5. The number of rotatable bonds is 13. The fourth-order valence-electron chi connectivity index (χ4n) is 8.38. The molecule has 0 bridgehead atoms. The molecule has 11 N–H and O–H groups in total. The number of primary amides is 1. The Morgan fingerprint density at radius 1 is 0.542 bits per heavy atom. The molecule has 488 valence electrons. The minimum Gasteiger partial charge on any atom is -0.399 e. The predicted octanol–water partition coefficient (Wildman–Crippen LogP) is 7.17. The van der Waals surface area contributed by atoms with Crippen molar-refractivity contribution >= 4 is 51.8 Å². The fraction of sp³-hybridized carbons (Fsp3) is 0.102. The van der Waals surface area contributed by atoms with Crippen molar-refractivity contribution in [2.45, 2.75) is 37.8 Å². The molecule has 1 fully saturated rings. The van der Waals surface area contributed by atoms with Gasteiger partial charge in [0.25, 0.3) is 23.0 Å². The molecule has 1 aliphatic carbocycles. The lowest BCUT2D eigenvalue weighted by Crippen LogP contribution is -2.43. The Hall–Kier alpha value is -14.0. The molecule has 0 saturated heterocycles. The fourth-order valence-corrected chi connectivity index (χ4v) is 8.38. The Morgan fingerprint density at radius 3 is 1.43 bits per heavy atom. The average Bonchev–Trinajstić information content (AvgIpc) is 0.998. The number of aromatic amines is 1. The second-order valence-electron chi connectivity index (χ2n) is 19.5. The molecule has 0 spiro atoms. The lowest BCUT2D eigenvalue weighted by Gasteiger charge is -2.29. The van der Waals surface area contributed by atoms with E-state index in [-0.39, 0.29) is 34.7 Å². The monoisotopic (exact) mass is 1300 g/mol. The first-order valence-corrected chi connectivity index (χ1v) is 28.4. The standard InChI is InChI=1S/C19H23N9O.2C8H6N4O2.2C8H8N4.C6H4FNO2.C2H3N3/c20-15-6-1-2-7-16(15)25-19-22-11-14(17(21)29)18(26-19)24-12-4-3-5-13(10-12)28-9-8-23-27-28;13-12(14)8-3-1-2-7(6-8)11-5-4-9-10-11;13-12(14)8-3-1-2-7(6-8)11-9-4-5-10-11;9-7-2-1-3-8(6-7)12-5-4-10-11-12;9-7-2-1-3-8(6-7)12-10-4-5-11-12;7-5-2-1-3-6(4-5)8(9)10;1-2-4-5-3-1/h3-5,8-11,15-16H,1-2,6-7,20H2,(H2,21,29)(H2,22,24,25,26);2*1-6H;2*1-6H,9H2;1-4H;1-2H,(H,3,4,5)/t15-,16+;;;;;;/m0....../s1.